The first-order chi connectivity index (χ1) is 19.8. The molecule has 0 saturated carbocycles. The van der Waals surface area contributed by atoms with Gasteiger partial charge in [0.25, 0.3) is 5.91 Å². The molecular weight excluding hydrogens is 516 g/mol. The average Bonchev–Trinajstić information content (AvgIpc) is 3.59. The molecule has 3 aromatic carbocycles. The number of rotatable bonds is 9. The minimum absolute atomic E-state index is 0.344. The molecule has 0 aliphatic heterocycles. The summed E-state index contributed by atoms with van der Waals surface area (Å²) in [5.74, 6) is -1.23. The molecule has 5 rings (SSSR count). The highest BCUT2D eigenvalue weighted by Crippen LogP contribution is 2.32. The van der Waals surface area contributed by atoms with Gasteiger partial charge in [0, 0.05) is 36.1 Å². The van der Waals surface area contributed by atoms with Crippen molar-refractivity contribution in [3.8, 4) is 11.1 Å². The maximum atomic E-state index is 14.0. The van der Waals surface area contributed by atoms with E-state index < -0.39 is 24.0 Å². The first kappa shape index (κ1) is 27.5. The van der Waals surface area contributed by atoms with Gasteiger partial charge in [-0.05, 0) is 48.7 Å². The molecule has 2 heterocycles. The van der Waals surface area contributed by atoms with Crippen molar-refractivity contribution in [2.45, 2.75) is 31.9 Å². The number of nitrogens with one attached hydrogen (secondary N) is 3. The quantitative estimate of drug-likeness (QED) is 0.212. The van der Waals surface area contributed by atoms with E-state index in [1.807, 2.05) is 79.7 Å². The second kappa shape index (κ2) is 12.0. The molecule has 0 saturated heterocycles. The molecule has 5 aromatic rings. The summed E-state index contributed by atoms with van der Waals surface area (Å²) in [6.45, 7) is 3.57. The molecule has 9 nitrogen and oxygen atoms in total. The van der Waals surface area contributed by atoms with Crippen LogP contribution in [0.5, 0.6) is 0 Å². The molecular formula is C32H32N6O3. The van der Waals surface area contributed by atoms with E-state index in [1.54, 1.807) is 38.4 Å². The fourth-order valence-electron chi connectivity index (χ4n) is 5.07. The Bertz CT molecular complexity index is 1590. The molecule has 41 heavy (non-hydrogen) atoms. The third-order valence-corrected chi connectivity index (χ3v) is 7.09. The van der Waals surface area contributed by atoms with E-state index in [-0.39, 0.29) is 5.91 Å². The van der Waals surface area contributed by atoms with Crippen molar-refractivity contribution in [3.63, 3.8) is 0 Å². The number of benzene rings is 3. The van der Waals surface area contributed by atoms with Crippen molar-refractivity contribution in [3.05, 3.63) is 125 Å². The van der Waals surface area contributed by atoms with Crippen LogP contribution in [-0.4, -0.2) is 42.9 Å². The van der Waals surface area contributed by atoms with Gasteiger partial charge in [-0.15, -0.1) is 0 Å². The third-order valence-electron chi connectivity index (χ3n) is 7.09. The Morgan fingerprint density at radius 1 is 0.902 bits per heavy atom. The van der Waals surface area contributed by atoms with Crippen molar-refractivity contribution < 1.29 is 14.7 Å². The second-order valence-corrected chi connectivity index (χ2v) is 9.94. The van der Waals surface area contributed by atoms with E-state index in [1.165, 1.54) is 4.68 Å². The number of carbonyl (C=O) groups is 2. The molecule has 0 fully saturated rings. The van der Waals surface area contributed by atoms with E-state index in [9.17, 15) is 14.7 Å². The molecule has 0 bridgehead atoms. The van der Waals surface area contributed by atoms with E-state index in [4.69, 9.17) is 0 Å². The summed E-state index contributed by atoms with van der Waals surface area (Å²) in [7, 11) is 1.68. The summed E-state index contributed by atoms with van der Waals surface area (Å²) < 4.78 is 1.47. The number of hydrogen-bond donors (Lipinski definition) is 4. The summed E-state index contributed by atoms with van der Waals surface area (Å²) in [5, 5.41) is 27.4. The number of anilines is 1. The number of nitrogens with zero attached hydrogens (tertiary/aromatic N) is 3. The van der Waals surface area contributed by atoms with Crippen molar-refractivity contribution in [2.24, 2.45) is 7.05 Å². The van der Waals surface area contributed by atoms with Gasteiger partial charge in [-0.3, -0.25) is 19.4 Å². The molecule has 4 N–H and O–H groups in total. The summed E-state index contributed by atoms with van der Waals surface area (Å²) in [6.07, 6.45) is 0.813. The minimum Gasteiger partial charge on any atom is -0.387 e. The van der Waals surface area contributed by atoms with E-state index in [0.29, 0.717) is 17.1 Å². The van der Waals surface area contributed by atoms with Crippen LogP contribution < -0.4 is 10.6 Å². The molecule has 2 unspecified atom stereocenters. The first-order valence-electron chi connectivity index (χ1n) is 13.4. The van der Waals surface area contributed by atoms with Crippen LogP contribution in [0.25, 0.3) is 11.1 Å². The molecule has 0 radical (unpaired) electrons. The van der Waals surface area contributed by atoms with Gasteiger partial charge in [0.2, 0.25) is 5.91 Å². The van der Waals surface area contributed by atoms with E-state index >= 15 is 0 Å². The Morgan fingerprint density at radius 2 is 1.51 bits per heavy atom. The number of aliphatic hydroxyl groups excluding tert-OH is 1. The van der Waals surface area contributed by atoms with Crippen LogP contribution in [0.15, 0.2) is 97.2 Å². The minimum atomic E-state index is -0.945. The lowest BCUT2D eigenvalue weighted by Gasteiger charge is -2.28. The Balaban J connectivity index is 1.49. The van der Waals surface area contributed by atoms with Gasteiger partial charge in [-0.25, -0.2) is 0 Å². The zero-order chi connectivity index (χ0) is 28.9. The molecule has 9 heteroatoms. The molecule has 0 aliphatic carbocycles. The Morgan fingerprint density at radius 3 is 2.05 bits per heavy atom. The largest absolute Gasteiger partial charge is 0.387 e. The standard InChI is InChI=1S/C32H32N6O3/c1-20-27(29(21(2)39)37-36-20)24-14-16-25(17-15-24)34-32(41)30(35-31(40)26-18-19-33-38(26)3)28(22-10-6-4-7-11-22)23-12-8-5-9-13-23/h4-19,21,28,30,39H,1-3H3,(H,34,41)(H,35,40)(H,36,37). The van der Waals surface area contributed by atoms with Gasteiger partial charge in [0.15, 0.2) is 0 Å². The number of aliphatic hydroxyl groups is 1. The Labute approximate surface area is 238 Å². The number of aromatic amines is 1. The molecule has 208 valence electrons. The highest BCUT2D eigenvalue weighted by molar-refractivity contribution is 6.01. The topological polar surface area (TPSA) is 125 Å². The highest BCUT2D eigenvalue weighted by Gasteiger charge is 2.33. The van der Waals surface area contributed by atoms with Crippen molar-refractivity contribution in [2.75, 3.05) is 5.32 Å². The summed E-state index contributed by atoms with van der Waals surface area (Å²) in [4.78, 5) is 27.4. The van der Waals surface area contributed by atoms with Crippen LogP contribution in [0.4, 0.5) is 5.69 Å². The van der Waals surface area contributed by atoms with Crippen molar-refractivity contribution in [1.82, 2.24) is 25.3 Å². The predicted octanol–water partition coefficient (Wildman–Crippen LogP) is 4.74. The zero-order valence-electron chi connectivity index (χ0n) is 23.1. The predicted molar refractivity (Wildman–Crippen MR) is 157 cm³/mol. The van der Waals surface area contributed by atoms with Gasteiger partial charge in [0.05, 0.1) is 11.8 Å². The van der Waals surface area contributed by atoms with Gasteiger partial charge < -0.3 is 15.7 Å². The van der Waals surface area contributed by atoms with Gasteiger partial charge in [-0.2, -0.15) is 10.2 Å². The monoisotopic (exact) mass is 548 g/mol. The van der Waals surface area contributed by atoms with Crippen LogP contribution >= 0.6 is 0 Å². The maximum absolute atomic E-state index is 14.0. The number of hydrogen-bond acceptors (Lipinski definition) is 5. The first-order valence-corrected chi connectivity index (χ1v) is 13.4. The average molecular weight is 549 g/mol. The van der Waals surface area contributed by atoms with Gasteiger partial charge >= 0.3 is 0 Å². The molecule has 2 amide bonds. The van der Waals surface area contributed by atoms with Crippen LogP contribution in [0.3, 0.4) is 0 Å². The van der Waals surface area contributed by atoms with Crippen molar-refractivity contribution in [1.29, 1.82) is 0 Å². The maximum Gasteiger partial charge on any atom is 0.270 e. The Kier molecular flexibility index (Phi) is 8.07. The number of amides is 2. The highest BCUT2D eigenvalue weighted by atomic mass is 16.3. The summed E-state index contributed by atoms with van der Waals surface area (Å²) in [6, 6.07) is 27.3. The lowest BCUT2D eigenvalue weighted by Crippen LogP contribution is -2.48. The van der Waals surface area contributed by atoms with Crippen molar-refractivity contribution >= 4 is 17.5 Å². The van der Waals surface area contributed by atoms with Crippen LogP contribution in [0, 0.1) is 6.92 Å². The summed E-state index contributed by atoms with van der Waals surface area (Å²) in [5.41, 5.74) is 5.77. The lowest BCUT2D eigenvalue weighted by molar-refractivity contribution is -0.118. The molecule has 0 aliphatic rings. The third kappa shape index (κ3) is 5.95. The number of H-pyrrole nitrogens is 1. The fraction of sp³-hybridized carbons (Fsp3) is 0.188. The van der Waals surface area contributed by atoms with Crippen LogP contribution in [0.2, 0.25) is 0 Å². The zero-order valence-corrected chi connectivity index (χ0v) is 23.1. The van der Waals surface area contributed by atoms with Gasteiger partial charge in [0.1, 0.15) is 11.7 Å². The normalized spacial score (nSPS) is 12.6. The van der Waals surface area contributed by atoms with Crippen LogP contribution in [0.1, 0.15) is 51.9 Å². The number of aryl methyl sites for hydroxylation is 2. The lowest BCUT2D eigenvalue weighted by atomic mass is 9.84. The van der Waals surface area contributed by atoms with E-state index in [0.717, 1.165) is 27.9 Å². The second-order valence-electron chi connectivity index (χ2n) is 9.94. The fourth-order valence-corrected chi connectivity index (χ4v) is 5.07. The Hall–Kier alpha value is -5.02. The molecule has 2 aromatic heterocycles. The van der Waals surface area contributed by atoms with E-state index in [2.05, 4.69) is 25.9 Å². The van der Waals surface area contributed by atoms with Gasteiger partial charge in [-0.1, -0.05) is 72.8 Å². The molecule has 2 atom stereocenters. The van der Waals surface area contributed by atoms with Crippen LogP contribution in [-0.2, 0) is 11.8 Å². The smallest absolute Gasteiger partial charge is 0.270 e. The number of aromatic nitrogens is 4. The SMILES string of the molecule is Cc1[nH]nc(C(C)O)c1-c1ccc(NC(=O)C(NC(=O)c2ccnn2C)C(c2ccccc2)c2ccccc2)cc1. The molecule has 0 spiro atoms. The summed E-state index contributed by atoms with van der Waals surface area (Å²) >= 11 is 0. The number of carbonyl (C=O) groups excluding carboxylic acids is 2.